The van der Waals surface area contributed by atoms with Crippen LogP contribution in [0.3, 0.4) is 0 Å². The number of rotatable bonds is 6. The first kappa shape index (κ1) is 15.0. The Morgan fingerprint density at radius 1 is 1.30 bits per heavy atom. The molecule has 20 heavy (non-hydrogen) atoms. The molecule has 1 atom stereocenters. The predicted molar refractivity (Wildman–Crippen MR) is 82.6 cm³/mol. The first-order chi connectivity index (χ1) is 9.76. The van der Waals surface area contributed by atoms with E-state index in [1.165, 1.54) is 16.7 Å². The average Bonchev–Trinajstić information content (AvgIpc) is 2.48. The first-order valence-corrected chi connectivity index (χ1v) is 7.95. The smallest absolute Gasteiger partial charge is 0.141 e. The monoisotopic (exact) mass is 290 g/mol. The van der Waals surface area contributed by atoms with Crippen LogP contribution in [0.5, 0.6) is 0 Å². The Balaban J connectivity index is 2.41. The van der Waals surface area contributed by atoms with Gasteiger partial charge in [0.05, 0.1) is 12.2 Å². The number of thioether (sulfide) groups is 1. The van der Waals surface area contributed by atoms with E-state index in [9.17, 15) is 4.39 Å². The molecule has 0 bridgehead atoms. The molecule has 1 N–H and O–H groups in total. The predicted octanol–water partition coefficient (Wildman–Crippen LogP) is 4.03. The number of aromatic nitrogens is 1. The van der Waals surface area contributed by atoms with Gasteiger partial charge in [0, 0.05) is 11.1 Å². The Morgan fingerprint density at radius 2 is 2.10 bits per heavy atom. The lowest BCUT2D eigenvalue weighted by Gasteiger charge is -2.21. The van der Waals surface area contributed by atoms with Gasteiger partial charge < -0.3 is 5.32 Å². The molecule has 0 aliphatic rings. The van der Waals surface area contributed by atoms with E-state index >= 15 is 0 Å². The van der Waals surface area contributed by atoms with Crippen molar-refractivity contribution in [1.82, 2.24) is 10.3 Å². The Bertz CT molecular complexity index is 560. The van der Waals surface area contributed by atoms with Gasteiger partial charge in [-0.2, -0.15) is 0 Å². The fourth-order valence-electron chi connectivity index (χ4n) is 2.19. The Labute approximate surface area is 123 Å². The number of halogens is 1. The fraction of sp³-hybridized carbons (Fsp3) is 0.312. The highest BCUT2D eigenvalue weighted by Gasteiger charge is 2.17. The molecule has 2 aromatic rings. The molecule has 1 unspecified atom stereocenters. The van der Waals surface area contributed by atoms with Crippen molar-refractivity contribution >= 4 is 11.8 Å². The minimum absolute atomic E-state index is 0.0261. The largest absolute Gasteiger partial charge is 0.306 e. The summed E-state index contributed by atoms with van der Waals surface area (Å²) in [4.78, 5) is 5.17. The van der Waals surface area contributed by atoms with Crippen LogP contribution in [0.1, 0.15) is 30.5 Å². The summed E-state index contributed by atoms with van der Waals surface area (Å²) >= 11 is 1.70. The second-order valence-corrected chi connectivity index (χ2v) is 5.41. The van der Waals surface area contributed by atoms with Crippen LogP contribution in [-0.2, 0) is 0 Å². The third kappa shape index (κ3) is 3.58. The SMILES string of the molecule is CCCNC(c1cncc(F)c1)c1ccccc1SC. The van der Waals surface area contributed by atoms with Crippen LogP contribution in [0.2, 0.25) is 0 Å². The number of hydrogen-bond acceptors (Lipinski definition) is 3. The molecular formula is C16H19FN2S. The van der Waals surface area contributed by atoms with Crippen molar-refractivity contribution in [1.29, 1.82) is 0 Å². The molecule has 0 fully saturated rings. The van der Waals surface area contributed by atoms with Crippen molar-refractivity contribution in [3.05, 3.63) is 59.7 Å². The fourth-order valence-corrected chi connectivity index (χ4v) is 2.82. The van der Waals surface area contributed by atoms with Gasteiger partial charge in [-0.15, -0.1) is 11.8 Å². The highest BCUT2D eigenvalue weighted by atomic mass is 32.2. The van der Waals surface area contributed by atoms with E-state index in [0.29, 0.717) is 0 Å². The molecule has 0 saturated heterocycles. The number of pyridine rings is 1. The van der Waals surface area contributed by atoms with Gasteiger partial charge in [0.15, 0.2) is 0 Å². The molecule has 1 aromatic heterocycles. The maximum Gasteiger partial charge on any atom is 0.141 e. The van der Waals surface area contributed by atoms with E-state index in [4.69, 9.17) is 0 Å². The summed E-state index contributed by atoms with van der Waals surface area (Å²) in [5.41, 5.74) is 2.03. The molecule has 0 aliphatic heterocycles. The molecule has 106 valence electrons. The quantitative estimate of drug-likeness (QED) is 0.813. The molecular weight excluding hydrogens is 271 g/mol. The first-order valence-electron chi connectivity index (χ1n) is 6.73. The van der Waals surface area contributed by atoms with Crippen LogP contribution < -0.4 is 5.32 Å². The van der Waals surface area contributed by atoms with Crippen LogP contribution >= 0.6 is 11.8 Å². The molecule has 1 aromatic carbocycles. The highest BCUT2D eigenvalue weighted by molar-refractivity contribution is 7.98. The summed E-state index contributed by atoms with van der Waals surface area (Å²) in [6.45, 7) is 3.00. The third-order valence-corrected chi connectivity index (χ3v) is 3.92. The lowest BCUT2D eigenvalue weighted by molar-refractivity contribution is 0.575. The van der Waals surface area contributed by atoms with Crippen LogP contribution in [0.25, 0.3) is 0 Å². The van der Waals surface area contributed by atoms with Crippen LogP contribution in [0.4, 0.5) is 4.39 Å². The summed E-state index contributed by atoms with van der Waals surface area (Å²) in [6, 6.07) is 9.75. The minimum Gasteiger partial charge on any atom is -0.306 e. The van der Waals surface area contributed by atoms with E-state index in [2.05, 4.69) is 35.6 Å². The number of benzene rings is 1. The van der Waals surface area contributed by atoms with Crippen LogP contribution in [-0.4, -0.2) is 17.8 Å². The second-order valence-electron chi connectivity index (χ2n) is 4.57. The number of hydrogen-bond donors (Lipinski definition) is 1. The van der Waals surface area contributed by atoms with Gasteiger partial charge in [-0.05, 0) is 42.5 Å². The van der Waals surface area contributed by atoms with Gasteiger partial charge in [-0.25, -0.2) is 4.39 Å². The average molecular weight is 290 g/mol. The van der Waals surface area contributed by atoms with Gasteiger partial charge in [0.25, 0.3) is 0 Å². The van der Waals surface area contributed by atoms with E-state index in [0.717, 1.165) is 18.5 Å². The Morgan fingerprint density at radius 3 is 2.80 bits per heavy atom. The van der Waals surface area contributed by atoms with Crippen LogP contribution in [0.15, 0.2) is 47.6 Å². The molecule has 0 saturated carbocycles. The zero-order chi connectivity index (χ0) is 14.4. The van der Waals surface area contributed by atoms with Crippen LogP contribution in [0, 0.1) is 5.82 Å². The molecule has 2 rings (SSSR count). The van der Waals surface area contributed by atoms with Gasteiger partial charge >= 0.3 is 0 Å². The molecule has 2 nitrogen and oxygen atoms in total. The van der Waals surface area contributed by atoms with Crippen molar-refractivity contribution in [3.8, 4) is 0 Å². The zero-order valence-corrected chi connectivity index (χ0v) is 12.6. The summed E-state index contributed by atoms with van der Waals surface area (Å²) in [7, 11) is 0. The highest BCUT2D eigenvalue weighted by Crippen LogP contribution is 2.30. The van der Waals surface area contributed by atoms with Crippen molar-refractivity contribution < 1.29 is 4.39 Å². The molecule has 0 aliphatic carbocycles. The lowest BCUT2D eigenvalue weighted by atomic mass is 10.00. The summed E-state index contributed by atoms with van der Waals surface area (Å²) in [6.07, 6.45) is 6.05. The topological polar surface area (TPSA) is 24.9 Å². The van der Waals surface area contributed by atoms with Crippen molar-refractivity contribution in [2.24, 2.45) is 0 Å². The third-order valence-electron chi connectivity index (χ3n) is 3.11. The molecule has 0 amide bonds. The molecule has 4 heteroatoms. The molecule has 0 radical (unpaired) electrons. The Hall–Kier alpha value is -1.39. The summed E-state index contributed by atoms with van der Waals surface area (Å²) < 4.78 is 13.5. The van der Waals surface area contributed by atoms with E-state index in [1.807, 2.05) is 12.1 Å². The lowest BCUT2D eigenvalue weighted by Crippen LogP contribution is -2.24. The standard InChI is InChI=1S/C16H19FN2S/c1-3-8-19-16(12-9-13(17)11-18-10-12)14-6-4-5-7-15(14)20-2/h4-7,9-11,16,19H,3,8H2,1-2H3. The van der Waals surface area contributed by atoms with Gasteiger partial charge in [0.1, 0.15) is 5.82 Å². The van der Waals surface area contributed by atoms with E-state index < -0.39 is 0 Å². The van der Waals surface area contributed by atoms with Gasteiger partial charge in [-0.1, -0.05) is 25.1 Å². The maximum absolute atomic E-state index is 13.5. The second kappa shape index (κ2) is 7.41. The summed E-state index contributed by atoms with van der Waals surface area (Å²) in [5, 5.41) is 3.48. The summed E-state index contributed by atoms with van der Waals surface area (Å²) in [5.74, 6) is -0.299. The molecule has 1 heterocycles. The van der Waals surface area contributed by atoms with Crippen molar-refractivity contribution in [2.45, 2.75) is 24.3 Å². The number of nitrogens with zero attached hydrogens (tertiary/aromatic N) is 1. The van der Waals surface area contributed by atoms with Crippen molar-refractivity contribution in [2.75, 3.05) is 12.8 Å². The molecule has 0 spiro atoms. The van der Waals surface area contributed by atoms with Gasteiger partial charge in [-0.3, -0.25) is 4.98 Å². The van der Waals surface area contributed by atoms with Gasteiger partial charge in [0.2, 0.25) is 0 Å². The van der Waals surface area contributed by atoms with E-state index in [1.54, 1.807) is 24.0 Å². The van der Waals surface area contributed by atoms with E-state index in [-0.39, 0.29) is 11.9 Å². The number of nitrogens with one attached hydrogen (secondary N) is 1. The normalized spacial score (nSPS) is 12.3. The Kier molecular flexibility index (Phi) is 5.56. The zero-order valence-electron chi connectivity index (χ0n) is 11.8. The maximum atomic E-state index is 13.5. The van der Waals surface area contributed by atoms with Crippen molar-refractivity contribution in [3.63, 3.8) is 0 Å². The minimum atomic E-state index is -0.299.